The molecule has 0 aliphatic rings. The summed E-state index contributed by atoms with van der Waals surface area (Å²) in [5, 5.41) is 6.80. The predicted octanol–water partition coefficient (Wildman–Crippen LogP) is 8.35. The van der Waals surface area contributed by atoms with Crippen LogP contribution in [0.2, 0.25) is 10.0 Å². The van der Waals surface area contributed by atoms with Gasteiger partial charge in [-0.3, -0.25) is 4.79 Å². The molecule has 4 aromatic carbocycles. The molecule has 6 aromatic rings. The van der Waals surface area contributed by atoms with Gasteiger partial charge < -0.3 is 13.9 Å². The molecule has 41 heavy (non-hydrogen) atoms. The van der Waals surface area contributed by atoms with Gasteiger partial charge in [-0.15, -0.1) is 0 Å². The van der Waals surface area contributed by atoms with Crippen LogP contribution in [-0.4, -0.2) is 23.0 Å². The molecule has 204 valence electrons. The summed E-state index contributed by atoms with van der Waals surface area (Å²) in [6.07, 6.45) is 1.56. The van der Waals surface area contributed by atoms with E-state index < -0.39 is 0 Å². The highest BCUT2D eigenvalue weighted by atomic mass is 79.9. The highest BCUT2D eigenvalue weighted by Crippen LogP contribution is 2.37. The number of aromatic nitrogens is 2. The first-order valence-corrected chi connectivity index (χ1v) is 14.0. The topological polar surface area (TPSA) is 78.9 Å². The molecule has 0 atom stereocenters. The lowest BCUT2D eigenvalue weighted by Crippen LogP contribution is -2.20. The number of benzene rings is 4. The van der Waals surface area contributed by atoms with E-state index in [1.165, 1.54) is 4.68 Å². The Morgan fingerprint density at radius 2 is 1.80 bits per heavy atom. The summed E-state index contributed by atoms with van der Waals surface area (Å²) < 4.78 is 19.6. The minimum Gasteiger partial charge on any atom is -0.493 e. The van der Waals surface area contributed by atoms with Crippen molar-refractivity contribution in [3.8, 4) is 23.1 Å². The van der Waals surface area contributed by atoms with E-state index in [4.69, 9.17) is 42.1 Å². The lowest BCUT2D eigenvalue weighted by molar-refractivity contribution is 0.282. The molecule has 0 fully saturated rings. The van der Waals surface area contributed by atoms with Crippen LogP contribution in [0.5, 0.6) is 11.5 Å². The SMILES string of the molecule is COc1cc(C=Nn2c(-c3cc4ccccc4o3)nc3ccccc3c2=O)cc(Br)c1OCc1ccc(Cl)c(Cl)c1. The van der Waals surface area contributed by atoms with Gasteiger partial charge >= 0.3 is 0 Å². The van der Waals surface area contributed by atoms with Crippen molar-refractivity contribution in [1.29, 1.82) is 0 Å². The molecule has 0 radical (unpaired) electrons. The van der Waals surface area contributed by atoms with Gasteiger partial charge in [0.2, 0.25) is 5.82 Å². The first-order chi connectivity index (χ1) is 19.9. The molecule has 0 N–H and O–H groups in total. The Hall–Kier alpha value is -4.11. The summed E-state index contributed by atoms with van der Waals surface area (Å²) in [6, 6.07) is 25.5. The average molecular weight is 649 g/mol. The monoisotopic (exact) mass is 647 g/mol. The molecule has 2 aromatic heterocycles. The summed E-state index contributed by atoms with van der Waals surface area (Å²) in [6.45, 7) is 0.248. The van der Waals surface area contributed by atoms with Gasteiger partial charge in [-0.1, -0.05) is 59.6 Å². The second-order valence-corrected chi connectivity index (χ2v) is 10.7. The quantitative estimate of drug-likeness (QED) is 0.163. The number of hydrogen-bond acceptors (Lipinski definition) is 6. The average Bonchev–Trinajstić information content (AvgIpc) is 3.42. The van der Waals surface area contributed by atoms with Gasteiger partial charge in [-0.05, 0) is 75.6 Å². The van der Waals surface area contributed by atoms with Crippen molar-refractivity contribution >= 4 is 67.2 Å². The number of furan rings is 1. The zero-order chi connectivity index (χ0) is 28.5. The lowest BCUT2D eigenvalue weighted by atomic mass is 10.2. The number of halogens is 3. The van der Waals surface area contributed by atoms with Crippen molar-refractivity contribution in [2.45, 2.75) is 6.61 Å². The maximum atomic E-state index is 13.6. The number of hydrogen-bond donors (Lipinski definition) is 0. The van der Waals surface area contributed by atoms with Crippen LogP contribution in [0.1, 0.15) is 11.1 Å². The Balaban J connectivity index is 1.38. The largest absolute Gasteiger partial charge is 0.493 e. The fourth-order valence-corrected chi connectivity index (χ4v) is 5.24. The molecule has 6 rings (SSSR count). The number of fused-ring (bicyclic) bond motifs is 2. The van der Waals surface area contributed by atoms with Gasteiger partial charge in [0.1, 0.15) is 12.2 Å². The van der Waals surface area contributed by atoms with Gasteiger partial charge in [-0.2, -0.15) is 9.78 Å². The van der Waals surface area contributed by atoms with Crippen LogP contribution in [0.3, 0.4) is 0 Å². The fraction of sp³-hybridized carbons (Fsp3) is 0.0645. The van der Waals surface area contributed by atoms with Crippen LogP contribution in [0.15, 0.2) is 104 Å². The maximum absolute atomic E-state index is 13.6. The Labute approximate surface area is 252 Å². The molecule has 0 saturated heterocycles. The highest BCUT2D eigenvalue weighted by molar-refractivity contribution is 9.10. The van der Waals surface area contributed by atoms with Crippen molar-refractivity contribution in [2.24, 2.45) is 5.10 Å². The molecule has 0 bridgehead atoms. The van der Waals surface area contributed by atoms with Crippen LogP contribution in [0, 0.1) is 0 Å². The van der Waals surface area contributed by atoms with E-state index >= 15 is 0 Å². The summed E-state index contributed by atoms with van der Waals surface area (Å²) >= 11 is 15.7. The Morgan fingerprint density at radius 1 is 1.00 bits per heavy atom. The maximum Gasteiger partial charge on any atom is 0.282 e. The third-order valence-electron chi connectivity index (χ3n) is 6.34. The smallest absolute Gasteiger partial charge is 0.282 e. The van der Waals surface area contributed by atoms with Crippen LogP contribution in [0.4, 0.5) is 0 Å². The standard InChI is InChI=1S/C31H20BrCl2N3O4/c1-39-27-14-19(12-22(32)29(27)40-17-18-10-11-23(33)24(34)13-18)16-35-37-30(28-15-20-6-2-5-9-26(20)41-28)36-25-8-4-3-7-21(25)31(37)38/h2-16H,17H2,1H3. The number of ether oxygens (including phenoxy) is 2. The van der Waals surface area contributed by atoms with E-state index in [0.29, 0.717) is 53.8 Å². The highest BCUT2D eigenvalue weighted by Gasteiger charge is 2.17. The third kappa shape index (κ3) is 5.46. The van der Waals surface area contributed by atoms with Gasteiger partial charge in [-0.25, -0.2) is 4.98 Å². The lowest BCUT2D eigenvalue weighted by Gasteiger charge is -2.14. The van der Waals surface area contributed by atoms with E-state index in [1.807, 2.05) is 48.5 Å². The fourth-order valence-electron chi connectivity index (χ4n) is 4.35. The number of methoxy groups -OCH3 is 1. The van der Waals surface area contributed by atoms with Crippen molar-refractivity contribution in [1.82, 2.24) is 9.66 Å². The van der Waals surface area contributed by atoms with E-state index in [-0.39, 0.29) is 18.0 Å². The van der Waals surface area contributed by atoms with E-state index in [1.54, 1.807) is 49.7 Å². The summed E-state index contributed by atoms with van der Waals surface area (Å²) in [7, 11) is 1.55. The summed E-state index contributed by atoms with van der Waals surface area (Å²) in [4.78, 5) is 18.3. The van der Waals surface area contributed by atoms with Gasteiger partial charge in [0.05, 0.1) is 38.7 Å². The first kappa shape index (κ1) is 27.1. The molecule has 0 amide bonds. The van der Waals surface area contributed by atoms with Crippen LogP contribution in [0.25, 0.3) is 33.5 Å². The molecular weight excluding hydrogens is 629 g/mol. The van der Waals surface area contributed by atoms with Crippen molar-refractivity contribution in [3.63, 3.8) is 0 Å². The minimum atomic E-state index is -0.324. The van der Waals surface area contributed by atoms with Crippen LogP contribution in [-0.2, 0) is 6.61 Å². The first-order valence-electron chi connectivity index (χ1n) is 12.4. The minimum absolute atomic E-state index is 0.248. The van der Waals surface area contributed by atoms with Crippen molar-refractivity contribution in [2.75, 3.05) is 7.11 Å². The number of nitrogens with zero attached hydrogens (tertiary/aromatic N) is 3. The zero-order valence-electron chi connectivity index (χ0n) is 21.5. The molecule has 10 heteroatoms. The normalized spacial score (nSPS) is 11.5. The molecule has 0 aliphatic carbocycles. The Bertz CT molecular complexity index is 1990. The molecular formula is C31H20BrCl2N3O4. The van der Waals surface area contributed by atoms with E-state index in [0.717, 1.165) is 10.9 Å². The summed E-state index contributed by atoms with van der Waals surface area (Å²) in [5.74, 6) is 1.69. The Morgan fingerprint density at radius 3 is 2.61 bits per heavy atom. The van der Waals surface area contributed by atoms with Gasteiger partial charge in [0.25, 0.3) is 5.56 Å². The molecule has 2 heterocycles. The molecule has 7 nitrogen and oxygen atoms in total. The summed E-state index contributed by atoms with van der Waals surface area (Å²) in [5.41, 5.74) is 2.42. The molecule has 0 unspecified atom stereocenters. The predicted molar refractivity (Wildman–Crippen MR) is 166 cm³/mol. The second-order valence-electron chi connectivity index (χ2n) is 9.03. The number of rotatable bonds is 7. The zero-order valence-corrected chi connectivity index (χ0v) is 24.6. The Kier molecular flexibility index (Phi) is 7.53. The second kappa shape index (κ2) is 11.4. The van der Waals surface area contributed by atoms with E-state index in [2.05, 4.69) is 21.0 Å². The third-order valence-corrected chi connectivity index (χ3v) is 7.67. The molecule has 0 saturated carbocycles. The van der Waals surface area contributed by atoms with Crippen molar-refractivity contribution < 1.29 is 13.9 Å². The molecule has 0 spiro atoms. The van der Waals surface area contributed by atoms with Gasteiger partial charge in [0.15, 0.2) is 17.3 Å². The van der Waals surface area contributed by atoms with Gasteiger partial charge in [0, 0.05) is 5.39 Å². The van der Waals surface area contributed by atoms with E-state index in [9.17, 15) is 4.79 Å². The molecule has 0 aliphatic heterocycles. The van der Waals surface area contributed by atoms with Crippen LogP contribution >= 0.6 is 39.1 Å². The van der Waals surface area contributed by atoms with Crippen LogP contribution < -0.4 is 15.0 Å². The van der Waals surface area contributed by atoms with Crippen molar-refractivity contribution in [3.05, 3.63) is 121 Å². The number of para-hydroxylation sites is 2.